The molecule has 1 heterocycles. The lowest BCUT2D eigenvalue weighted by atomic mass is 10.1. The number of aromatic nitrogens is 2. The second kappa shape index (κ2) is 5.48. The summed E-state index contributed by atoms with van der Waals surface area (Å²) in [5, 5.41) is 0.435. The van der Waals surface area contributed by atoms with Crippen LogP contribution in [0.15, 0.2) is 6.07 Å². The van der Waals surface area contributed by atoms with Gasteiger partial charge in [-0.2, -0.15) is 4.98 Å². The number of ether oxygens (including phenoxy) is 1. The van der Waals surface area contributed by atoms with E-state index in [1.165, 1.54) is 0 Å². The van der Waals surface area contributed by atoms with E-state index in [4.69, 9.17) is 16.3 Å². The van der Waals surface area contributed by atoms with Crippen LogP contribution in [-0.2, 0) is 0 Å². The quantitative estimate of drug-likeness (QED) is 0.756. The van der Waals surface area contributed by atoms with Crippen LogP contribution in [0.1, 0.15) is 46.4 Å². The first-order valence-electron chi connectivity index (χ1n) is 5.61. The Hall–Kier alpha value is -0.830. The van der Waals surface area contributed by atoms with Crippen molar-refractivity contribution in [2.45, 2.75) is 46.6 Å². The van der Waals surface area contributed by atoms with Crippen molar-refractivity contribution in [2.75, 3.05) is 0 Å². The highest BCUT2D eigenvalue weighted by Gasteiger charge is 2.12. The van der Waals surface area contributed by atoms with Gasteiger partial charge >= 0.3 is 0 Å². The first-order valence-corrected chi connectivity index (χ1v) is 5.99. The van der Waals surface area contributed by atoms with Gasteiger partial charge in [0.05, 0.1) is 6.10 Å². The number of rotatable bonds is 4. The second-order valence-corrected chi connectivity index (χ2v) is 5.00. The molecule has 0 aliphatic heterocycles. The molecule has 0 aliphatic carbocycles. The summed E-state index contributed by atoms with van der Waals surface area (Å²) in [7, 11) is 0. The first-order chi connectivity index (χ1) is 7.40. The van der Waals surface area contributed by atoms with Gasteiger partial charge in [-0.1, -0.05) is 39.3 Å². The highest BCUT2D eigenvalue weighted by molar-refractivity contribution is 6.29. The summed E-state index contributed by atoms with van der Waals surface area (Å²) in [6.45, 7) is 10.3. The molecular formula is C12H19ClN2O. The Labute approximate surface area is 102 Å². The van der Waals surface area contributed by atoms with E-state index in [0.717, 1.165) is 5.82 Å². The van der Waals surface area contributed by atoms with Gasteiger partial charge in [-0.25, -0.2) is 4.98 Å². The van der Waals surface area contributed by atoms with Crippen LogP contribution in [0.25, 0.3) is 0 Å². The zero-order valence-corrected chi connectivity index (χ0v) is 11.2. The van der Waals surface area contributed by atoms with Crippen LogP contribution in [0.3, 0.4) is 0 Å². The third kappa shape index (κ3) is 3.63. The predicted molar refractivity (Wildman–Crippen MR) is 66.1 cm³/mol. The Morgan fingerprint density at radius 3 is 2.25 bits per heavy atom. The lowest BCUT2D eigenvalue weighted by Gasteiger charge is -2.18. The van der Waals surface area contributed by atoms with Crippen LogP contribution in [-0.4, -0.2) is 16.1 Å². The van der Waals surface area contributed by atoms with E-state index in [1.807, 2.05) is 20.8 Å². The molecule has 4 heteroatoms. The minimum absolute atomic E-state index is 0.117. The van der Waals surface area contributed by atoms with Crippen molar-refractivity contribution in [3.05, 3.63) is 17.0 Å². The van der Waals surface area contributed by atoms with Crippen molar-refractivity contribution in [1.29, 1.82) is 0 Å². The van der Waals surface area contributed by atoms with Crippen LogP contribution in [0.2, 0.25) is 5.15 Å². The third-order valence-corrected chi connectivity index (χ3v) is 2.64. The highest BCUT2D eigenvalue weighted by Crippen LogP contribution is 2.20. The van der Waals surface area contributed by atoms with E-state index < -0.39 is 0 Å². The van der Waals surface area contributed by atoms with Gasteiger partial charge in [-0.3, -0.25) is 0 Å². The third-order valence-electron chi connectivity index (χ3n) is 2.45. The van der Waals surface area contributed by atoms with Crippen molar-refractivity contribution in [2.24, 2.45) is 5.92 Å². The fourth-order valence-corrected chi connectivity index (χ4v) is 1.24. The normalized spacial score (nSPS) is 13.2. The smallest absolute Gasteiger partial charge is 0.218 e. The molecule has 0 amide bonds. The maximum absolute atomic E-state index is 5.93. The predicted octanol–water partition coefficient (Wildman–Crippen LogP) is 3.68. The molecule has 0 bridgehead atoms. The lowest BCUT2D eigenvalue weighted by Crippen LogP contribution is -2.19. The summed E-state index contributed by atoms with van der Waals surface area (Å²) >= 11 is 5.93. The van der Waals surface area contributed by atoms with Gasteiger partial charge in [0.15, 0.2) is 0 Å². The van der Waals surface area contributed by atoms with E-state index in [2.05, 4.69) is 23.8 Å². The fourth-order valence-electron chi connectivity index (χ4n) is 1.06. The summed E-state index contributed by atoms with van der Waals surface area (Å²) < 4.78 is 5.71. The molecule has 1 aromatic heterocycles. The molecule has 0 fully saturated rings. The SMILES string of the molecule is CC(C)c1nc(Cl)cc(OC(C)C(C)C)n1. The van der Waals surface area contributed by atoms with Gasteiger partial charge in [0.25, 0.3) is 0 Å². The maximum Gasteiger partial charge on any atom is 0.218 e. The van der Waals surface area contributed by atoms with Crippen LogP contribution in [0, 0.1) is 5.92 Å². The Balaban J connectivity index is 2.88. The van der Waals surface area contributed by atoms with E-state index in [9.17, 15) is 0 Å². The Bertz CT molecular complexity index is 353. The van der Waals surface area contributed by atoms with Gasteiger partial charge in [-0.15, -0.1) is 0 Å². The van der Waals surface area contributed by atoms with Crippen LogP contribution >= 0.6 is 11.6 Å². The molecule has 90 valence electrons. The maximum atomic E-state index is 5.93. The summed E-state index contributed by atoms with van der Waals surface area (Å²) in [5.41, 5.74) is 0. The van der Waals surface area contributed by atoms with Crippen LogP contribution < -0.4 is 4.74 Å². The summed E-state index contributed by atoms with van der Waals surface area (Å²) in [6.07, 6.45) is 0.117. The number of halogens is 1. The van der Waals surface area contributed by atoms with Crippen molar-refractivity contribution in [1.82, 2.24) is 9.97 Å². The lowest BCUT2D eigenvalue weighted by molar-refractivity contribution is 0.162. The number of nitrogens with zero attached hydrogens (tertiary/aromatic N) is 2. The molecule has 1 rings (SSSR count). The first kappa shape index (κ1) is 13.2. The second-order valence-electron chi connectivity index (χ2n) is 4.61. The van der Waals surface area contributed by atoms with Crippen LogP contribution in [0.5, 0.6) is 5.88 Å². The zero-order chi connectivity index (χ0) is 12.3. The van der Waals surface area contributed by atoms with Gasteiger partial charge in [0.1, 0.15) is 11.0 Å². The molecule has 0 spiro atoms. The standard InChI is InChI=1S/C12H19ClN2O/c1-7(2)9(5)16-11-6-10(13)14-12(15-11)8(3)4/h6-9H,1-5H3. The molecule has 0 N–H and O–H groups in total. The molecule has 0 saturated heterocycles. The van der Waals surface area contributed by atoms with E-state index in [1.54, 1.807) is 6.07 Å². The summed E-state index contributed by atoms with van der Waals surface area (Å²) in [4.78, 5) is 8.50. The summed E-state index contributed by atoms with van der Waals surface area (Å²) in [5.74, 6) is 1.97. The van der Waals surface area contributed by atoms with E-state index in [-0.39, 0.29) is 12.0 Å². The van der Waals surface area contributed by atoms with Gasteiger partial charge in [0.2, 0.25) is 5.88 Å². The molecule has 0 saturated carbocycles. The van der Waals surface area contributed by atoms with Crippen molar-refractivity contribution >= 4 is 11.6 Å². The molecule has 1 unspecified atom stereocenters. The molecule has 0 aromatic carbocycles. The average Bonchev–Trinajstić information content (AvgIpc) is 2.16. The van der Waals surface area contributed by atoms with E-state index in [0.29, 0.717) is 17.0 Å². The minimum Gasteiger partial charge on any atom is -0.474 e. The zero-order valence-electron chi connectivity index (χ0n) is 10.5. The minimum atomic E-state index is 0.117. The molecule has 1 atom stereocenters. The Morgan fingerprint density at radius 1 is 1.12 bits per heavy atom. The Kier molecular flexibility index (Phi) is 4.54. The monoisotopic (exact) mass is 242 g/mol. The van der Waals surface area contributed by atoms with Gasteiger partial charge in [0, 0.05) is 12.0 Å². The topological polar surface area (TPSA) is 35.0 Å². The number of hydrogen-bond donors (Lipinski definition) is 0. The molecule has 0 radical (unpaired) electrons. The van der Waals surface area contributed by atoms with Crippen molar-refractivity contribution in [3.8, 4) is 5.88 Å². The van der Waals surface area contributed by atoms with E-state index >= 15 is 0 Å². The van der Waals surface area contributed by atoms with Gasteiger partial charge in [-0.05, 0) is 12.8 Å². The van der Waals surface area contributed by atoms with Crippen molar-refractivity contribution in [3.63, 3.8) is 0 Å². The van der Waals surface area contributed by atoms with Gasteiger partial charge < -0.3 is 4.74 Å². The van der Waals surface area contributed by atoms with Crippen LogP contribution in [0.4, 0.5) is 0 Å². The molecule has 1 aromatic rings. The number of hydrogen-bond acceptors (Lipinski definition) is 3. The average molecular weight is 243 g/mol. The fraction of sp³-hybridized carbons (Fsp3) is 0.667. The molecule has 16 heavy (non-hydrogen) atoms. The molecule has 0 aliphatic rings. The Morgan fingerprint density at radius 2 is 1.75 bits per heavy atom. The summed E-state index contributed by atoms with van der Waals surface area (Å²) in [6, 6.07) is 1.66. The largest absolute Gasteiger partial charge is 0.474 e. The van der Waals surface area contributed by atoms with Crippen molar-refractivity contribution < 1.29 is 4.74 Å². The highest BCUT2D eigenvalue weighted by atomic mass is 35.5. The molecular weight excluding hydrogens is 224 g/mol. The molecule has 3 nitrogen and oxygen atoms in total.